The quantitative estimate of drug-likeness (QED) is 0.572. The molecule has 156 valence electrons. The Kier molecular flexibility index (Phi) is 6.21. The number of carboxylic acid groups (broad SMARTS) is 1. The van der Waals surface area contributed by atoms with Gasteiger partial charge in [0.2, 0.25) is 5.82 Å². The number of nitrogens with zero attached hydrogens (tertiary/aromatic N) is 2. The molecule has 3 aromatic rings. The Morgan fingerprint density at radius 1 is 1.03 bits per heavy atom. The van der Waals surface area contributed by atoms with Crippen LogP contribution in [0.2, 0.25) is 0 Å². The summed E-state index contributed by atoms with van der Waals surface area (Å²) >= 11 is 0. The van der Waals surface area contributed by atoms with Crippen LogP contribution in [0.15, 0.2) is 40.9 Å². The van der Waals surface area contributed by atoms with Gasteiger partial charge >= 0.3 is 5.97 Å². The van der Waals surface area contributed by atoms with E-state index < -0.39 is 5.97 Å². The van der Waals surface area contributed by atoms with Gasteiger partial charge in [0, 0.05) is 11.1 Å². The molecule has 0 bridgehead atoms. The van der Waals surface area contributed by atoms with Gasteiger partial charge in [0.15, 0.2) is 23.0 Å². The minimum Gasteiger partial charge on any atom is -0.504 e. The van der Waals surface area contributed by atoms with Gasteiger partial charge in [0.25, 0.3) is 5.89 Å². The van der Waals surface area contributed by atoms with Crippen molar-refractivity contribution in [2.24, 2.45) is 0 Å². The Hall–Kier alpha value is -4.01. The highest BCUT2D eigenvalue weighted by molar-refractivity contribution is 5.89. The number of phenolic OH excluding ortho intramolecular Hbond substituents is 1. The second-order valence-corrected chi connectivity index (χ2v) is 6.16. The van der Waals surface area contributed by atoms with Gasteiger partial charge < -0.3 is 28.9 Å². The van der Waals surface area contributed by atoms with Crippen molar-refractivity contribution in [3.63, 3.8) is 0 Å². The molecule has 0 aliphatic rings. The molecule has 0 atom stereocenters. The highest BCUT2D eigenvalue weighted by Gasteiger charge is 2.17. The highest BCUT2D eigenvalue weighted by atomic mass is 16.5. The summed E-state index contributed by atoms with van der Waals surface area (Å²) in [5, 5.41) is 23.2. The van der Waals surface area contributed by atoms with Gasteiger partial charge in [0.05, 0.1) is 27.8 Å². The normalized spacial score (nSPS) is 11.2. The monoisotopic (exact) mass is 412 g/mol. The summed E-state index contributed by atoms with van der Waals surface area (Å²) < 4.78 is 20.8. The Morgan fingerprint density at radius 3 is 2.37 bits per heavy atom. The van der Waals surface area contributed by atoms with Crippen molar-refractivity contribution in [3.8, 4) is 34.4 Å². The number of phenols is 1. The minimum absolute atomic E-state index is 0.0532. The molecular formula is C21H20N2O7. The number of methoxy groups -OCH3 is 3. The number of rotatable bonds is 8. The second kappa shape index (κ2) is 8.99. The van der Waals surface area contributed by atoms with Crippen molar-refractivity contribution in [2.45, 2.75) is 6.42 Å². The van der Waals surface area contributed by atoms with Crippen molar-refractivity contribution in [2.75, 3.05) is 21.3 Å². The summed E-state index contributed by atoms with van der Waals surface area (Å²) in [6.45, 7) is 0. The van der Waals surface area contributed by atoms with Crippen LogP contribution in [0.5, 0.6) is 23.0 Å². The molecule has 0 amide bonds. The SMILES string of the molecule is COc1ccc(/C=C(\CC(=O)O)c2nc(-c3ccc(OC)c(OC)c3)no2)cc1O. The third-order valence-corrected chi connectivity index (χ3v) is 4.23. The van der Waals surface area contributed by atoms with Gasteiger partial charge in [-0.3, -0.25) is 4.79 Å². The molecule has 9 heteroatoms. The summed E-state index contributed by atoms with van der Waals surface area (Å²) in [6.07, 6.45) is 1.21. The lowest BCUT2D eigenvalue weighted by Crippen LogP contribution is -1.98. The maximum absolute atomic E-state index is 11.3. The molecule has 0 spiro atoms. The number of carbonyl (C=O) groups is 1. The van der Waals surface area contributed by atoms with E-state index in [1.165, 1.54) is 27.4 Å². The van der Waals surface area contributed by atoms with Gasteiger partial charge in [0.1, 0.15) is 0 Å². The third kappa shape index (κ3) is 4.52. The van der Waals surface area contributed by atoms with E-state index in [1.54, 1.807) is 36.4 Å². The maximum atomic E-state index is 11.3. The predicted octanol–water partition coefficient (Wildman–Crippen LogP) is 3.48. The molecule has 0 fully saturated rings. The van der Waals surface area contributed by atoms with Crippen LogP contribution in [0.1, 0.15) is 17.9 Å². The van der Waals surface area contributed by atoms with Crippen LogP contribution in [0.25, 0.3) is 23.0 Å². The predicted molar refractivity (Wildman–Crippen MR) is 108 cm³/mol. The molecule has 0 radical (unpaired) electrons. The van der Waals surface area contributed by atoms with E-state index in [0.717, 1.165) is 0 Å². The molecule has 0 aliphatic heterocycles. The van der Waals surface area contributed by atoms with Gasteiger partial charge in [-0.25, -0.2) is 0 Å². The molecule has 2 aromatic carbocycles. The number of aliphatic carboxylic acids is 1. The van der Waals surface area contributed by atoms with Gasteiger partial charge in [-0.2, -0.15) is 4.98 Å². The smallest absolute Gasteiger partial charge is 0.308 e. The number of benzene rings is 2. The van der Waals surface area contributed by atoms with Crippen molar-refractivity contribution in [1.82, 2.24) is 10.1 Å². The van der Waals surface area contributed by atoms with Crippen LogP contribution >= 0.6 is 0 Å². The average Bonchev–Trinajstić information content (AvgIpc) is 3.23. The summed E-state index contributed by atoms with van der Waals surface area (Å²) in [5.41, 5.74) is 1.45. The molecule has 0 saturated heterocycles. The summed E-state index contributed by atoms with van der Waals surface area (Å²) in [5.74, 6) is 0.534. The fraction of sp³-hybridized carbons (Fsp3) is 0.190. The number of ether oxygens (including phenoxy) is 3. The van der Waals surface area contributed by atoms with E-state index in [1.807, 2.05) is 0 Å². The maximum Gasteiger partial charge on any atom is 0.308 e. The molecule has 0 unspecified atom stereocenters. The molecule has 1 heterocycles. The van der Waals surface area contributed by atoms with Crippen LogP contribution < -0.4 is 14.2 Å². The molecular weight excluding hydrogens is 392 g/mol. The van der Waals surface area contributed by atoms with Crippen LogP contribution in [-0.2, 0) is 4.79 Å². The first-order chi connectivity index (χ1) is 14.4. The van der Waals surface area contributed by atoms with Crippen LogP contribution in [-0.4, -0.2) is 47.7 Å². The zero-order valence-corrected chi connectivity index (χ0v) is 16.6. The number of hydrogen-bond donors (Lipinski definition) is 2. The third-order valence-electron chi connectivity index (χ3n) is 4.23. The standard InChI is InChI=1S/C21H20N2O7/c1-27-16-6-4-12(9-15(16)24)8-14(11-19(25)26)21-22-20(23-30-21)13-5-7-17(28-2)18(10-13)29-3/h4-10,24H,11H2,1-3H3,(H,25,26)/b14-8+. The largest absolute Gasteiger partial charge is 0.504 e. The van der Waals surface area contributed by atoms with Gasteiger partial charge in [-0.15, -0.1) is 0 Å². The van der Waals surface area contributed by atoms with E-state index in [-0.39, 0.29) is 29.5 Å². The summed E-state index contributed by atoms with van der Waals surface area (Å²) in [6, 6.07) is 9.83. The fourth-order valence-corrected chi connectivity index (χ4v) is 2.80. The first kappa shape index (κ1) is 20.7. The molecule has 0 saturated carbocycles. The lowest BCUT2D eigenvalue weighted by Gasteiger charge is -2.07. The number of aromatic nitrogens is 2. The van der Waals surface area contributed by atoms with E-state index in [9.17, 15) is 15.0 Å². The average molecular weight is 412 g/mol. The Morgan fingerprint density at radius 2 is 1.73 bits per heavy atom. The molecule has 3 rings (SSSR count). The van der Waals surface area contributed by atoms with E-state index >= 15 is 0 Å². The van der Waals surface area contributed by atoms with Crippen molar-refractivity contribution >= 4 is 17.6 Å². The van der Waals surface area contributed by atoms with E-state index in [0.29, 0.717) is 28.4 Å². The Labute approximate surface area is 172 Å². The van der Waals surface area contributed by atoms with Crippen molar-refractivity contribution in [3.05, 3.63) is 47.9 Å². The Bertz CT molecular complexity index is 1090. The molecule has 0 aliphatic carbocycles. The fourth-order valence-electron chi connectivity index (χ4n) is 2.80. The molecule has 30 heavy (non-hydrogen) atoms. The number of carboxylic acids is 1. The molecule has 2 N–H and O–H groups in total. The van der Waals surface area contributed by atoms with Crippen LogP contribution in [0, 0.1) is 0 Å². The first-order valence-electron chi connectivity index (χ1n) is 8.81. The summed E-state index contributed by atoms with van der Waals surface area (Å²) in [4.78, 5) is 15.7. The number of hydrogen-bond acceptors (Lipinski definition) is 8. The van der Waals surface area contributed by atoms with Crippen LogP contribution in [0.3, 0.4) is 0 Å². The zero-order chi connectivity index (χ0) is 21.7. The van der Waals surface area contributed by atoms with Crippen LogP contribution in [0.4, 0.5) is 0 Å². The topological polar surface area (TPSA) is 124 Å². The number of aromatic hydroxyl groups is 1. The zero-order valence-electron chi connectivity index (χ0n) is 16.6. The minimum atomic E-state index is -1.06. The lowest BCUT2D eigenvalue weighted by atomic mass is 10.1. The van der Waals surface area contributed by atoms with E-state index in [2.05, 4.69) is 10.1 Å². The Balaban J connectivity index is 1.98. The van der Waals surface area contributed by atoms with E-state index in [4.69, 9.17) is 18.7 Å². The van der Waals surface area contributed by atoms with Gasteiger partial charge in [-0.05, 0) is 42.0 Å². The molecule has 1 aromatic heterocycles. The summed E-state index contributed by atoms with van der Waals surface area (Å²) in [7, 11) is 4.49. The highest BCUT2D eigenvalue weighted by Crippen LogP contribution is 2.33. The molecule has 9 nitrogen and oxygen atoms in total. The second-order valence-electron chi connectivity index (χ2n) is 6.16. The lowest BCUT2D eigenvalue weighted by molar-refractivity contribution is -0.135. The van der Waals surface area contributed by atoms with Crippen molar-refractivity contribution < 1.29 is 33.7 Å². The first-order valence-corrected chi connectivity index (χ1v) is 8.81. The van der Waals surface area contributed by atoms with Crippen molar-refractivity contribution in [1.29, 1.82) is 0 Å². The van der Waals surface area contributed by atoms with Gasteiger partial charge in [-0.1, -0.05) is 11.2 Å².